The van der Waals surface area contributed by atoms with Crippen LogP contribution in [0.1, 0.15) is 33.1 Å². The summed E-state index contributed by atoms with van der Waals surface area (Å²) >= 11 is 3.54. The lowest BCUT2D eigenvalue weighted by molar-refractivity contribution is 0.399. The molecule has 0 aromatic rings. The SMILES string of the molecule is CCCC(Br)CC.CO. The van der Waals surface area contributed by atoms with Crippen LogP contribution >= 0.6 is 15.9 Å². The number of hydrogen-bond acceptors (Lipinski definition) is 1. The average molecular weight is 197 g/mol. The molecule has 58 valence electrons. The minimum atomic E-state index is 0.762. The molecular formula is C7H17BrO. The van der Waals surface area contributed by atoms with Crippen LogP contribution in [0.3, 0.4) is 0 Å². The molecule has 0 amide bonds. The zero-order valence-electron chi connectivity index (χ0n) is 6.52. The van der Waals surface area contributed by atoms with Crippen molar-refractivity contribution >= 4 is 15.9 Å². The van der Waals surface area contributed by atoms with Gasteiger partial charge in [0.1, 0.15) is 0 Å². The van der Waals surface area contributed by atoms with E-state index in [4.69, 9.17) is 5.11 Å². The Labute approximate surface area is 66.6 Å². The van der Waals surface area contributed by atoms with Crippen molar-refractivity contribution in [2.75, 3.05) is 7.11 Å². The fourth-order valence-electron chi connectivity index (χ4n) is 0.517. The fourth-order valence-corrected chi connectivity index (χ4v) is 0.975. The van der Waals surface area contributed by atoms with Gasteiger partial charge in [0, 0.05) is 11.9 Å². The Kier molecular flexibility index (Phi) is 15.2. The van der Waals surface area contributed by atoms with Crippen LogP contribution < -0.4 is 0 Å². The van der Waals surface area contributed by atoms with Gasteiger partial charge < -0.3 is 5.11 Å². The maximum atomic E-state index is 7.00. The molecule has 2 heteroatoms. The van der Waals surface area contributed by atoms with E-state index in [-0.39, 0.29) is 0 Å². The normalized spacial score (nSPS) is 11.7. The molecule has 0 aliphatic rings. The van der Waals surface area contributed by atoms with Crippen molar-refractivity contribution in [3.05, 3.63) is 0 Å². The second-order valence-corrected chi connectivity index (χ2v) is 3.09. The lowest BCUT2D eigenvalue weighted by Crippen LogP contribution is -1.91. The minimum Gasteiger partial charge on any atom is -0.400 e. The summed E-state index contributed by atoms with van der Waals surface area (Å²) in [7, 11) is 1.00. The molecule has 1 atom stereocenters. The summed E-state index contributed by atoms with van der Waals surface area (Å²) < 4.78 is 0. The van der Waals surface area contributed by atoms with Crippen LogP contribution in [0.5, 0.6) is 0 Å². The monoisotopic (exact) mass is 196 g/mol. The minimum absolute atomic E-state index is 0.762. The second-order valence-electron chi connectivity index (χ2n) is 1.79. The van der Waals surface area contributed by atoms with E-state index in [1.165, 1.54) is 19.3 Å². The van der Waals surface area contributed by atoms with Crippen molar-refractivity contribution in [2.24, 2.45) is 0 Å². The molecule has 1 nitrogen and oxygen atoms in total. The van der Waals surface area contributed by atoms with Crippen LogP contribution in [0.15, 0.2) is 0 Å². The van der Waals surface area contributed by atoms with Gasteiger partial charge in [0.2, 0.25) is 0 Å². The Hall–Kier alpha value is 0.440. The van der Waals surface area contributed by atoms with Gasteiger partial charge in [-0.15, -0.1) is 0 Å². The lowest BCUT2D eigenvalue weighted by Gasteiger charge is -2.00. The molecule has 0 bridgehead atoms. The van der Waals surface area contributed by atoms with Gasteiger partial charge >= 0.3 is 0 Å². The van der Waals surface area contributed by atoms with Gasteiger partial charge in [0.25, 0.3) is 0 Å². The summed E-state index contributed by atoms with van der Waals surface area (Å²) in [6.45, 7) is 4.42. The van der Waals surface area contributed by atoms with Crippen molar-refractivity contribution in [2.45, 2.75) is 37.9 Å². The number of alkyl halides is 1. The Morgan fingerprint density at radius 3 is 1.89 bits per heavy atom. The molecule has 0 heterocycles. The van der Waals surface area contributed by atoms with Crippen LogP contribution in [0, 0.1) is 0 Å². The molecule has 0 saturated heterocycles. The number of aliphatic hydroxyl groups excluding tert-OH is 1. The van der Waals surface area contributed by atoms with Gasteiger partial charge in [-0.1, -0.05) is 36.2 Å². The topological polar surface area (TPSA) is 20.2 Å². The van der Waals surface area contributed by atoms with E-state index < -0.39 is 0 Å². The Bertz CT molecular complexity index is 39.9. The standard InChI is InChI=1S/C6H13Br.CH4O/c1-3-5-6(7)4-2;1-2/h6H,3-5H2,1-2H3;2H,1H3. The summed E-state index contributed by atoms with van der Waals surface area (Å²) in [4.78, 5) is 0.762. The number of halogens is 1. The van der Waals surface area contributed by atoms with Crippen molar-refractivity contribution < 1.29 is 5.11 Å². The van der Waals surface area contributed by atoms with E-state index >= 15 is 0 Å². The van der Waals surface area contributed by atoms with Crippen LogP contribution in [-0.4, -0.2) is 17.0 Å². The molecule has 0 fully saturated rings. The number of rotatable bonds is 3. The molecule has 0 aliphatic carbocycles. The van der Waals surface area contributed by atoms with Gasteiger partial charge in [-0.2, -0.15) is 0 Å². The largest absolute Gasteiger partial charge is 0.400 e. The zero-order valence-corrected chi connectivity index (χ0v) is 8.11. The van der Waals surface area contributed by atoms with Crippen LogP contribution in [-0.2, 0) is 0 Å². The summed E-state index contributed by atoms with van der Waals surface area (Å²) in [5.41, 5.74) is 0. The first-order valence-corrected chi connectivity index (χ1v) is 4.31. The maximum absolute atomic E-state index is 7.00. The Morgan fingerprint density at radius 2 is 1.78 bits per heavy atom. The van der Waals surface area contributed by atoms with Gasteiger partial charge in [-0.25, -0.2) is 0 Å². The molecule has 0 aromatic heterocycles. The third kappa shape index (κ3) is 11.8. The van der Waals surface area contributed by atoms with E-state index in [0.29, 0.717) is 0 Å². The average Bonchev–Trinajstić information content (AvgIpc) is 1.93. The zero-order chi connectivity index (χ0) is 7.70. The van der Waals surface area contributed by atoms with Gasteiger partial charge in [-0.05, 0) is 12.8 Å². The van der Waals surface area contributed by atoms with E-state index in [0.717, 1.165) is 11.9 Å². The van der Waals surface area contributed by atoms with Gasteiger partial charge in [0.15, 0.2) is 0 Å². The van der Waals surface area contributed by atoms with Crippen LogP contribution in [0.2, 0.25) is 0 Å². The van der Waals surface area contributed by atoms with Crippen molar-refractivity contribution in [1.82, 2.24) is 0 Å². The van der Waals surface area contributed by atoms with E-state index in [1.807, 2.05) is 0 Å². The highest BCUT2D eigenvalue weighted by molar-refractivity contribution is 9.09. The fraction of sp³-hybridized carbons (Fsp3) is 1.00. The molecule has 1 unspecified atom stereocenters. The van der Waals surface area contributed by atoms with Crippen molar-refractivity contribution in [3.63, 3.8) is 0 Å². The molecule has 9 heavy (non-hydrogen) atoms. The third-order valence-corrected chi connectivity index (χ3v) is 2.15. The van der Waals surface area contributed by atoms with E-state index in [9.17, 15) is 0 Å². The highest BCUT2D eigenvalue weighted by atomic mass is 79.9. The highest BCUT2D eigenvalue weighted by Gasteiger charge is 1.94. The lowest BCUT2D eigenvalue weighted by atomic mass is 10.2. The van der Waals surface area contributed by atoms with Gasteiger partial charge in [0.05, 0.1) is 0 Å². The molecule has 0 spiro atoms. The predicted octanol–water partition coefficient (Wildman–Crippen LogP) is 2.57. The van der Waals surface area contributed by atoms with E-state index in [2.05, 4.69) is 29.8 Å². The summed E-state index contributed by atoms with van der Waals surface area (Å²) in [5.74, 6) is 0. The Morgan fingerprint density at radius 1 is 1.33 bits per heavy atom. The molecule has 0 rings (SSSR count). The summed E-state index contributed by atoms with van der Waals surface area (Å²) in [5, 5.41) is 7.00. The first-order valence-electron chi connectivity index (χ1n) is 3.40. The first-order chi connectivity index (χ1) is 4.31. The molecule has 1 N–H and O–H groups in total. The van der Waals surface area contributed by atoms with Crippen LogP contribution in [0.4, 0.5) is 0 Å². The quantitative estimate of drug-likeness (QED) is 0.689. The third-order valence-electron chi connectivity index (χ3n) is 1.04. The number of aliphatic hydroxyl groups is 1. The van der Waals surface area contributed by atoms with E-state index in [1.54, 1.807) is 0 Å². The molecule has 0 aromatic carbocycles. The highest BCUT2D eigenvalue weighted by Crippen LogP contribution is 2.10. The molecular weight excluding hydrogens is 180 g/mol. The van der Waals surface area contributed by atoms with Crippen molar-refractivity contribution in [1.29, 1.82) is 0 Å². The summed E-state index contributed by atoms with van der Waals surface area (Å²) in [6, 6.07) is 0. The smallest absolute Gasteiger partial charge is 0.0319 e. The molecule has 0 saturated carbocycles. The first kappa shape index (κ1) is 12.1. The Balaban J connectivity index is 0. The maximum Gasteiger partial charge on any atom is 0.0319 e. The predicted molar refractivity (Wildman–Crippen MR) is 46.1 cm³/mol. The second kappa shape index (κ2) is 11.3. The van der Waals surface area contributed by atoms with Crippen molar-refractivity contribution in [3.8, 4) is 0 Å². The van der Waals surface area contributed by atoms with Gasteiger partial charge in [-0.3, -0.25) is 0 Å². The van der Waals surface area contributed by atoms with Crippen LogP contribution in [0.25, 0.3) is 0 Å². The number of hydrogen-bond donors (Lipinski definition) is 1. The molecule has 0 radical (unpaired) electrons. The summed E-state index contributed by atoms with van der Waals surface area (Å²) in [6.07, 6.45) is 3.87. The molecule has 0 aliphatic heterocycles.